The van der Waals surface area contributed by atoms with Gasteiger partial charge in [-0.15, -0.1) is 11.3 Å². The van der Waals surface area contributed by atoms with E-state index in [1.165, 1.54) is 44.1 Å². The molecule has 0 saturated heterocycles. The summed E-state index contributed by atoms with van der Waals surface area (Å²) in [5.41, 5.74) is 4.79. The van der Waals surface area contributed by atoms with Crippen LogP contribution in [0, 0.1) is 11.3 Å². The van der Waals surface area contributed by atoms with Crippen molar-refractivity contribution in [3.63, 3.8) is 0 Å². The smallest absolute Gasteiger partial charge is 0.348 e. The number of fused-ring (bicyclic) bond motifs is 5. The van der Waals surface area contributed by atoms with E-state index >= 15 is 0 Å². The predicted molar refractivity (Wildman–Crippen MR) is 177 cm³/mol. The summed E-state index contributed by atoms with van der Waals surface area (Å²) in [6.45, 7) is 11.0. The van der Waals surface area contributed by atoms with Crippen LogP contribution >= 0.6 is 11.3 Å². The standard InChI is InChI=1S/C37H29N3O2S/c1-36(2)13-15-40-16-14-37(3,4)29-31(40)25(36)17-23-24(18-38)28(35(41)42-32(23)29)34-39-30-21-9-5-7-19-11-12-20-8-6-10-22(33(30)43-34)27(20)26(19)21/h5-12,17H,13-16H2,1-4H3. The average Bonchev–Trinajstić information content (AvgIpc) is 3.43. The lowest BCUT2D eigenvalue weighted by atomic mass is 9.69. The molecular formula is C37H29N3O2S. The second-order valence-electron chi connectivity index (χ2n) is 13.6. The molecule has 5 aromatic carbocycles. The van der Waals surface area contributed by atoms with Gasteiger partial charge in [-0.2, -0.15) is 5.26 Å². The Morgan fingerprint density at radius 3 is 2.30 bits per heavy atom. The van der Waals surface area contributed by atoms with Crippen LogP contribution in [0.1, 0.15) is 57.2 Å². The van der Waals surface area contributed by atoms with E-state index in [9.17, 15) is 10.1 Å². The fourth-order valence-corrected chi connectivity index (χ4v) is 9.02. The highest BCUT2D eigenvalue weighted by Crippen LogP contribution is 2.53. The molecule has 5 nitrogen and oxygen atoms in total. The van der Waals surface area contributed by atoms with Crippen molar-refractivity contribution in [2.75, 3.05) is 18.0 Å². The molecule has 0 aliphatic carbocycles. The minimum absolute atomic E-state index is 0.0609. The Labute approximate surface area is 252 Å². The zero-order chi connectivity index (χ0) is 29.4. The summed E-state index contributed by atoms with van der Waals surface area (Å²) in [6.07, 6.45) is 2.00. The molecule has 210 valence electrons. The molecule has 6 heteroatoms. The Morgan fingerprint density at radius 1 is 0.907 bits per heavy atom. The van der Waals surface area contributed by atoms with Gasteiger partial charge in [-0.3, -0.25) is 0 Å². The molecule has 43 heavy (non-hydrogen) atoms. The molecule has 0 bridgehead atoms. The third-order valence-corrected chi connectivity index (χ3v) is 11.4. The summed E-state index contributed by atoms with van der Waals surface area (Å²) in [4.78, 5) is 21.6. The van der Waals surface area contributed by atoms with Crippen molar-refractivity contribution in [1.29, 1.82) is 5.26 Å². The number of thiazole rings is 1. The van der Waals surface area contributed by atoms with E-state index in [0.29, 0.717) is 16.2 Å². The van der Waals surface area contributed by atoms with Crippen molar-refractivity contribution in [1.82, 2.24) is 4.98 Å². The van der Waals surface area contributed by atoms with Gasteiger partial charge in [0.15, 0.2) is 0 Å². The number of benzene rings is 5. The van der Waals surface area contributed by atoms with Gasteiger partial charge < -0.3 is 9.32 Å². The summed E-state index contributed by atoms with van der Waals surface area (Å²) in [5, 5.41) is 18.9. The maximum Gasteiger partial charge on any atom is 0.348 e. The Morgan fingerprint density at radius 2 is 1.58 bits per heavy atom. The predicted octanol–water partition coefficient (Wildman–Crippen LogP) is 9.01. The number of nitrogens with zero attached hydrogens (tertiary/aromatic N) is 3. The topological polar surface area (TPSA) is 70.1 Å². The van der Waals surface area contributed by atoms with Gasteiger partial charge in [0, 0.05) is 40.5 Å². The first-order valence-electron chi connectivity index (χ1n) is 15.0. The maximum atomic E-state index is 14.0. The monoisotopic (exact) mass is 579 g/mol. The Hall–Kier alpha value is -4.47. The highest BCUT2D eigenvalue weighted by molar-refractivity contribution is 7.22. The number of nitriles is 1. The summed E-state index contributed by atoms with van der Waals surface area (Å²) in [7, 11) is 0. The molecule has 0 radical (unpaired) electrons. The molecule has 4 heterocycles. The van der Waals surface area contributed by atoms with Gasteiger partial charge >= 0.3 is 5.63 Å². The third kappa shape index (κ3) is 3.16. The maximum absolute atomic E-state index is 14.0. The van der Waals surface area contributed by atoms with Crippen LogP contribution in [0.15, 0.2) is 63.8 Å². The van der Waals surface area contributed by atoms with Crippen molar-refractivity contribution in [2.24, 2.45) is 0 Å². The van der Waals surface area contributed by atoms with Gasteiger partial charge in [-0.1, -0.05) is 76.2 Å². The molecule has 0 spiro atoms. The van der Waals surface area contributed by atoms with Gasteiger partial charge in [0.2, 0.25) is 0 Å². The molecule has 2 aliphatic rings. The van der Waals surface area contributed by atoms with Crippen LogP contribution in [0.5, 0.6) is 0 Å². The van der Waals surface area contributed by atoms with Crippen LogP contribution in [0.25, 0.3) is 64.1 Å². The van der Waals surface area contributed by atoms with Crippen LogP contribution in [-0.4, -0.2) is 18.1 Å². The first-order chi connectivity index (χ1) is 20.7. The van der Waals surface area contributed by atoms with E-state index in [1.54, 1.807) is 0 Å². The van der Waals surface area contributed by atoms with Crippen molar-refractivity contribution in [3.8, 4) is 16.6 Å². The van der Waals surface area contributed by atoms with Crippen LogP contribution in [0.2, 0.25) is 0 Å². The molecule has 2 aromatic heterocycles. The lowest BCUT2D eigenvalue weighted by Crippen LogP contribution is -2.44. The minimum Gasteiger partial charge on any atom is -0.422 e. The van der Waals surface area contributed by atoms with E-state index < -0.39 is 5.63 Å². The first kappa shape index (κ1) is 25.1. The van der Waals surface area contributed by atoms with Crippen molar-refractivity contribution in [2.45, 2.75) is 51.4 Å². The lowest BCUT2D eigenvalue weighted by molar-refractivity contribution is 0.398. The van der Waals surface area contributed by atoms with E-state index in [1.807, 2.05) is 0 Å². The fraction of sp³-hybridized carbons (Fsp3) is 0.270. The van der Waals surface area contributed by atoms with Gasteiger partial charge in [0.25, 0.3) is 0 Å². The zero-order valence-electron chi connectivity index (χ0n) is 24.6. The van der Waals surface area contributed by atoms with Gasteiger partial charge in [-0.05, 0) is 56.8 Å². The molecule has 0 amide bonds. The number of rotatable bonds is 1. The second kappa shape index (κ2) is 8.12. The van der Waals surface area contributed by atoms with E-state index in [-0.39, 0.29) is 16.4 Å². The minimum atomic E-state index is -0.497. The normalized spacial score (nSPS) is 17.3. The summed E-state index contributed by atoms with van der Waals surface area (Å²) < 4.78 is 7.33. The molecule has 0 unspecified atom stereocenters. The number of hydrogen-bond acceptors (Lipinski definition) is 6. The zero-order valence-corrected chi connectivity index (χ0v) is 25.4. The van der Waals surface area contributed by atoms with Crippen LogP contribution in [0.4, 0.5) is 5.69 Å². The van der Waals surface area contributed by atoms with E-state index in [0.717, 1.165) is 57.9 Å². The molecule has 0 N–H and O–H groups in total. The average molecular weight is 580 g/mol. The molecule has 7 aromatic rings. The fourth-order valence-electron chi connectivity index (χ4n) is 7.87. The molecule has 0 fully saturated rings. The van der Waals surface area contributed by atoms with Crippen LogP contribution in [0.3, 0.4) is 0 Å². The van der Waals surface area contributed by atoms with Gasteiger partial charge in [-0.25, -0.2) is 9.78 Å². The summed E-state index contributed by atoms with van der Waals surface area (Å²) in [6, 6.07) is 21.6. The van der Waals surface area contributed by atoms with E-state index in [4.69, 9.17) is 9.40 Å². The van der Waals surface area contributed by atoms with Crippen molar-refractivity contribution >= 4 is 70.5 Å². The molecule has 2 aliphatic heterocycles. The number of anilines is 1. The lowest BCUT2D eigenvalue weighted by Gasteiger charge is -2.48. The molecular weight excluding hydrogens is 550 g/mol. The highest BCUT2D eigenvalue weighted by atomic mass is 32.1. The highest BCUT2D eigenvalue weighted by Gasteiger charge is 2.42. The van der Waals surface area contributed by atoms with Crippen LogP contribution < -0.4 is 10.5 Å². The quantitative estimate of drug-likeness (QED) is 0.143. The van der Waals surface area contributed by atoms with Crippen molar-refractivity contribution in [3.05, 3.63) is 81.7 Å². The Balaban J connectivity index is 1.41. The Bertz CT molecular complexity index is 2370. The van der Waals surface area contributed by atoms with E-state index in [2.05, 4.69) is 93.3 Å². The summed E-state index contributed by atoms with van der Waals surface area (Å²) in [5.74, 6) is 0. The molecule has 9 rings (SSSR count). The van der Waals surface area contributed by atoms with Gasteiger partial charge in [0.1, 0.15) is 22.2 Å². The second-order valence-corrected chi connectivity index (χ2v) is 14.6. The van der Waals surface area contributed by atoms with Gasteiger partial charge in [0.05, 0.1) is 15.8 Å². The number of hydrogen-bond donors (Lipinski definition) is 0. The van der Waals surface area contributed by atoms with Crippen molar-refractivity contribution < 1.29 is 4.42 Å². The third-order valence-electron chi connectivity index (χ3n) is 10.2. The molecule has 0 atom stereocenters. The first-order valence-corrected chi connectivity index (χ1v) is 15.8. The Kier molecular flexibility index (Phi) is 4.73. The largest absolute Gasteiger partial charge is 0.422 e. The summed E-state index contributed by atoms with van der Waals surface area (Å²) >= 11 is 1.48. The van der Waals surface area contributed by atoms with Crippen LogP contribution in [-0.2, 0) is 10.8 Å². The SMILES string of the molecule is CC1(C)CCN2CCC(C)(C)c3c2c1cc1c(C#N)c(-c2nc4c5cccc6ccc7cccc(c4s2)c7c65)c(=O)oc31. The molecule has 0 saturated carbocycles. The number of aromatic nitrogens is 1.